The van der Waals surface area contributed by atoms with E-state index in [0.717, 1.165) is 32.4 Å². The fourth-order valence-electron chi connectivity index (χ4n) is 3.12. The van der Waals surface area contributed by atoms with Gasteiger partial charge >= 0.3 is 0 Å². The highest BCUT2D eigenvalue weighted by Gasteiger charge is 2.20. The SMILES string of the molecule is Cc1cccc2c(CCNC(=O)C3CCNCC3)c[nH]c12. The van der Waals surface area contributed by atoms with Crippen molar-refractivity contribution in [3.63, 3.8) is 0 Å². The fraction of sp³-hybridized carbons (Fsp3) is 0.471. The Labute approximate surface area is 125 Å². The number of carbonyl (C=O) groups excluding carboxylic acids is 1. The van der Waals surface area contributed by atoms with Gasteiger partial charge in [0.05, 0.1) is 0 Å². The zero-order valence-corrected chi connectivity index (χ0v) is 12.5. The van der Waals surface area contributed by atoms with Crippen molar-refractivity contribution in [1.82, 2.24) is 15.6 Å². The molecule has 0 saturated carbocycles. The van der Waals surface area contributed by atoms with Gasteiger partial charge in [0.1, 0.15) is 0 Å². The van der Waals surface area contributed by atoms with E-state index in [1.807, 2.05) is 0 Å². The lowest BCUT2D eigenvalue weighted by molar-refractivity contribution is -0.125. The molecule has 1 aromatic heterocycles. The van der Waals surface area contributed by atoms with Crippen molar-refractivity contribution in [2.75, 3.05) is 19.6 Å². The van der Waals surface area contributed by atoms with E-state index in [2.05, 4.69) is 46.9 Å². The van der Waals surface area contributed by atoms with E-state index in [0.29, 0.717) is 6.54 Å². The standard InChI is InChI=1S/C17H23N3O/c1-12-3-2-4-15-14(11-20-16(12)15)7-10-19-17(21)13-5-8-18-9-6-13/h2-4,11,13,18,20H,5-10H2,1H3,(H,19,21). The molecule has 1 amide bonds. The van der Waals surface area contributed by atoms with Crippen molar-refractivity contribution in [2.24, 2.45) is 5.92 Å². The van der Waals surface area contributed by atoms with E-state index in [-0.39, 0.29) is 11.8 Å². The molecule has 0 atom stereocenters. The van der Waals surface area contributed by atoms with E-state index in [1.54, 1.807) is 0 Å². The topological polar surface area (TPSA) is 56.9 Å². The van der Waals surface area contributed by atoms with Crippen LogP contribution in [0.4, 0.5) is 0 Å². The summed E-state index contributed by atoms with van der Waals surface area (Å²) in [5, 5.41) is 7.65. The molecule has 21 heavy (non-hydrogen) atoms. The molecule has 1 saturated heterocycles. The summed E-state index contributed by atoms with van der Waals surface area (Å²) < 4.78 is 0. The Morgan fingerprint density at radius 1 is 1.33 bits per heavy atom. The molecule has 1 fully saturated rings. The fourth-order valence-corrected chi connectivity index (χ4v) is 3.12. The Morgan fingerprint density at radius 3 is 2.95 bits per heavy atom. The van der Waals surface area contributed by atoms with Crippen LogP contribution in [0.2, 0.25) is 0 Å². The maximum absolute atomic E-state index is 12.1. The van der Waals surface area contributed by atoms with Gasteiger partial charge in [-0.25, -0.2) is 0 Å². The third kappa shape index (κ3) is 3.10. The third-order valence-corrected chi connectivity index (χ3v) is 4.41. The van der Waals surface area contributed by atoms with Crippen LogP contribution >= 0.6 is 0 Å². The summed E-state index contributed by atoms with van der Waals surface area (Å²) in [7, 11) is 0. The number of amides is 1. The number of hydrogen-bond donors (Lipinski definition) is 3. The van der Waals surface area contributed by atoms with E-state index >= 15 is 0 Å². The lowest BCUT2D eigenvalue weighted by atomic mass is 9.97. The van der Waals surface area contributed by atoms with Crippen LogP contribution in [-0.2, 0) is 11.2 Å². The van der Waals surface area contributed by atoms with Gasteiger partial charge in [0.25, 0.3) is 0 Å². The summed E-state index contributed by atoms with van der Waals surface area (Å²) in [6.45, 7) is 4.74. The first-order chi connectivity index (χ1) is 10.3. The van der Waals surface area contributed by atoms with E-state index in [9.17, 15) is 4.79 Å². The molecule has 1 aromatic carbocycles. The molecule has 1 aliphatic heterocycles. The summed E-state index contributed by atoms with van der Waals surface area (Å²) in [5.41, 5.74) is 3.74. The lowest BCUT2D eigenvalue weighted by Gasteiger charge is -2.21. The number of hydrogen-bond acceptors (Lipinski definition) is 2. The van der Waals surface area contributed by atoms with Crippen LogP contribution < -0.4 is 10.6 Å². The number of para-hydroxylation sites is 1. The van der Waals surface area contributed by atoms with Crippen LogP contribution in [0, 0.1) is 12.8 Å². The number of H-pyrrole nitrogens is 1. The van der Waals surface area contributed by atoms with Crippen LogP contribution in [-0.4, -0.2) is 30.5 Å². The zero-order valence-electron chi connectivity index (χ0n) is 12.5. The van der Waals surface area contributed by atoms with Gasteiger partial charge in [-0.3, -0.25) is 4.79 Å². The van der Waals surface area contributed by atoms with E-state index in [1.165, 1.54) is 22.0 Å². The number of aryl methyl sites for hydroxylation is 1. The molecule has 112 valence electrons. The minimum atomic E-state index is 0.191. The Kier molecular flexibility index (Phi) is 4.25. The molecular formula is C17H23N3O. The predicted octanol–water partition coefficient (Wildman–Crippen LogP) is 2.13. The van der Waals surface area contributed by atoms with Crippen molar-refractivity contribution < 1.29 is 4.79 Å². The van der Waals surface area contributed by atoms with Crippen molar-refractivity contribution in [3.05, 3.63) is 35.5 Å². The molecule has 2 heterocycles. The number of nitrogens with one attached hydrogen (secondary N) is 3. The summed E-state index contributed by atoms with van der Waals surface area (Å²) in [6, 6.07) is 6.34. The summed E-state index contributed by atoms with van der Waals surface area (Å²) >= 11 is 0. The largest absolute Gasteiger partial charge is 0.361 e. The molecule has 0 radical (unpaired) electrons. The second-order valence-electron chi connectivity index (χ2n) is 5.88. The second kappa shape index (κ2) is 6.31. The number of fused-ring (bicyclic) bond motifs is 1. The first-order valence-electron chi connectivity index (χ1n) is 7.79. The van der Waals surface area contributed by atoms with Gasteiger partial charge in [-0.05, 0) is 50.4 Å². The Morgan fingerprint density at radius 2 is 2.14 bits per heavy atom. The normalized spacial score (nSPS) is 16.2. The molecule has 2 aromatic rings. The number of aromatic amines is 1. The van der Waals surface area contributed by atoms with Crippen molar-refractivity contribution >= 4 is 16.8 Å². The average Bonchev–Trinajstić information content (AvgIpc) is 2.93. The molecule has 1 aliphatic rings. The van der Waals surface area contributed by atoms with Crippen LogP contribution in [0.5, 0.6) is 0 Å². The van der Waals surface area contributed by atoms with Gasteiger partial charge < -0.3 is 15.6 Å². The van der Waals surface area contributed by atoms with Crippen molar-refractivity contribution in [1.29, 1.82) is 0 Å². The van der Waals surface area contributed by atoms with Gasteiger partial charge in [0.2, 0.25) is 5.91 Å². The molecule has 3 N–H and O–H groups in total. The quantitative estimate of drug-likeness (QED) is 0.806. The average molecular weight is 285 g/mol. The minimum Gasteiger partial charge on any atom is -0.361 e. The Bertz CT molecular complexity index is 626. The number of rotatable bonds is 4. The van der Waals surface area contributed by atoms with Crippen LogP contribution in [0.15, 0.2) is 24.4 Å². The maximum Gasteiger partial charge on any atom is 0.223 e. The van der Waals surface area contributed by atoms with E-state index < -0.39 is 0 Å². The smallest absolute Gasteiger partial charge is 0.223 e. The maximum atomic E-state index is 12.1. The molecular weight excluding hydrogens is 262 g/mol. The Balaban J connectivity index is 1.57. The lowest BCUT2D eigenvalue weighted by Crippen LogP contribution is -2.38. The first-order valence-corrected chi connectivity index (χ1v) is 7.79. The number of aromatic nitrogens is 1. The van der Waals surface area contributed by atoms with E-state index in [4.69, 9.17) is 0 Å². The van der Waals surface area contributed by atoms with Crippen molar-refractivity contribution in [2.45, 2.75) is 26.2 Å². The first kappa shape index (κ1) is 14.1. The van der Waals surface area contributed by atoms with Gasteiger partial charge in [0, 0.05) is 29.6 Å². The minimum absolute atomic E-state index is 0.191. The molecule has 0 aliphatic carbocycles. The molecule has 0 bridgehead atoms. The van der Waals surface area contributed by atoms with Gasteiger partial charge in [0.15, 0.2) is 0 Å². The third-order valence-electron chi connectivity index (χ3n) is 4.41. The summed E-state index contributed by atoms with van der Waals surface area (Å²) in [6.07, 6.45) is 4.85. The van der Waals surface area contributed by atoms with Gasteiger partial charge in [-0.2, -0.15) is 0 Å². The highest BCUT2D eigenvalue weighted by atomic mass is 16.1. The molecule has 3 rings (SSSR count). The number of carbonyl (C=O) groups is 1. The highest BCUT2D eigenvalue weighted by Crippen LogP contribution is 2.21. The molecule has 4 nitrogen and oxygen atoms in total. The molecule has 0 spiro atoms. The molecule has 0 unspecified atom stereocenters. The number of piperidine rings is 1. The second-order valence-corrected chi connectivity index (χ2v) is 5.88. The highest BCUT2D eigenvalue weighted by molar-refractivity contribution is 5.86. The molecule has 4 heteroatoms. The van der Waals surface area contributed by atoms with Gasteiger partial charge in [-0.15, -0.1) is 0 Å². The van der Waals surface area contributed by atoms with Gasteiger partial charge in [-0.1, -0.05) is 18.2 Å². The zero-order chi connectivity index (χ0) is 14.7. The van der Waals surface area contributed by atoms with Crippen molar-refractivity contribution in [3.8, 4) is 0 Å². The summed E-state index contributed by atoms with van der Waals surface area (Å²) in [5.74, 6) is 0.406. The monoisotopic (exact) mass is 285 g/mol. The number of benzene rings is 1. The van der Waals surface area contributed by atoms with Crippen LogP contribution in [0.25, 0.3) is 10.9 Å². The summed E-state index contributed by atoms with van der Waals surface area (Å²) in [4.78, 5) is 15.4. The Hall–Kier alpha value is -1.81. The van der Waals surface area contributed by atoms with Crippen LogP contribution in [0.1, 0.15) is 24.0 Å². The van der Waals surface area contributed by atoms with Crippen LogP contribution in [0.3, 0.4) is 0 Å². The predicted molar refractivity (Wildman–Crippen MR) is 85.3 cm³/mol.